The Kier molecular flexibility index (Phi) is 7.45. The van der Waals surface area contributed by atoms with Gasteiger partial charge < -0.3 is 24.6 Å². The van der Waals surface area contributed by atoms with E-state index in [-0.39, 0.29) is 6.61 Å². The normalized spacial score (nSPS) is 11.3. The smallest absolute Gasteiger partial charge is 0.330 e. The van der Waals surface area contributed by atoms with Crippen LogP contribution in [0.3, 0.4) is 0 Å². The van der Waals surface area contributed by atoms with Crippen molar-refractivity contribution in [1.82, 2.24) is 5.32 Å². The van der Waals surface area contributed by atoms with E-state index in [1.165, 1.54) is 7.11 Å². The standard InChI is InChI=1S/C19H21NO6/c1-24-19(23)17(11-21)20-18(22)13-26-16-9-7-15(8-10-16)25-12-14-5-3-2-4-6-14/h2-10,17,21H,11-13H2,1H3,(H,20,22)/t17-/m1/s1. The molecule has 0 saturated carbocycles. The Hall–Kier alpha value is -3.06. The predicted octanol–water partition coefficient (Wildman–Crippen LogP) is 1.29. The molecule has 26 heavy (non-hydrogen) atoms. The van der Waals surface area contributed by atoms with Gasteiger partial charge in [-0.2, -0.15) is 0 Å². The van der Waals surface area contributed by atoms with Gasteiger partial charge in [0.15, 0.2) is 12.6 Å². The fourth-order valence-electron chi connectivity index (χ4n) is 2.08. The SMILES string of the molecule is COC(=O)[C@@H](CO)NC(=O)COc1ccc(OCc2ccccc2)cc1. The van der Waals surface area contributed by atoms with Crippen LogP contribution in [0.2, 0.25) is 0 Å². The fourth-order valence-corrected chi connectivity index (χ4v) is 2.08. The highest BCUT2D eigenvalue weighted by molar-refractivity contribution is 5.85. The summed E-state index contributed by atoms with van der Waals surface area (Å²) in [5.41, 5.74) is 1.06. The van der Waals surface area contributed by atoms with E-state index in [2.05, 4.69) is 10.1 Å². The van der Waals surface area contributed by atoms with Crippen molar-refractivity contribution in [3.63, 3.8) is 0 Å². The molecule has 0 heterocycles. The Morgan fingerprint density at radius 1 is 1.00 bits per heavy atom. The molecule has 7 nitrogen and oxygen atoms in total. The topological polar surface area (TPSA) is 94.1 Å². The van der Waals surface area contributed by atoms with Crippen LogP contribution in [-0.4, -0.2) is 43.3 Å². The van der Waals surface area contributed by atoms with Crippen LogP contribution >= 0.6 is 0 Å². The third kappa shape index (κ3) is 6.10. The van der Waals surface area contributed by atoms with Crippen molar-refractivity contribution in [2.24, 2.45) is 0 Å². The minimum absolute atomic E-state index is 0.294. The number of carbonyl (C=O) groups is 2. The van der Waals surface area contributed by atoms with Gasteiger partial charge >= 0.3 is 5.97 Å². The van der Waals surface area contributed by atoms with E-state index in [1.54, 1.807) is 24.3 Å². The lowest BCUT2D eigenvalue weighted by atomic mass is 10.2. The van der Waals surface area contributed by atoms with Crippen LogP contribution in [0.15, 0.2) is 54.6 Å². The Balaban J connectivity index is 1.78. The second kappa shape index (κ2) is 10.0. The Labute approximate surface area is 151 Å². The first-order valence-electron chi connectivity index (χ1n) is 8.00. The largest absolute Gasteiger partial charge is 0.489 e. The highest BCUT2D eigenvalue weighted by atomic mass is 16.5. The van der Waals surface area contributed by atoms with Gasteiger partial charge in [0.25, 0.3) is 5.91 Å². The van der Waals surface area contributed by atoms with E-state index in [4.69, 9.17) is 14.6 Å². The van der Waals surface area contributed by atoms with Crippen LogP contribution in [0, 0.1) is 0 Å². The van der Waals surface area contributed by atoms with Crippen LogP contribution < -0.4 is 14.8 Å². The summed E-state index contributed by atoms with van der Waals surface area (Å²) in [5, 5.41) is 11.4. The number of hydrogen-bond acceptors (Lipinski definition) is 6. The summed E-state index contributed by atoms with van der Waals surface area (Å²) in [4.78, 5) is 23.1. The number of ether oxygens (including phenoxy) is 3. The Bertz CT molecular complexity index is 702. The molecular formula is C19H21NO6. The number of aliphatic hydroxyl groups excluding tert-OH is 1. The molecule has 0 aliphatic heterocycles. The van der Waals surface area contributed by atoms with Gasteiger partial charge in [-0.3, -0.25) is 4.79 Å². The second-order valence-electron chi connectivity index (χ2n) is 5.36. The lowest BCUT2D eigenvalue weighted by Crippen LogP contribution is -2.45. The molecule has 1 atom stereocenters. The summed E-state index contributed by atoms with van der Waals surface area (Å²) >= 11 is 0. The van der Waals surface area contributed by atoms with Crippen LogP contribution in [0.4, 0.5) is 0 Å². The number of benzene rings is 2. The van der Waals surface area contributed by atoms with Gasteiger partial charge in [0.1, 0.15) is 18.1 Å². The molecule has 0 unspecified atom stereocenters. The number of methoxy groups -OCH3 is 1. The number of carbonyl (C=O) groups excluding carboxylic acids is 2. The first-order valence-corrected chi connectivity index (χ1v) is 8.00. The summed E-state index contributed by atoms with van der Waals surface area (Å²) in [6.07, 6.45) is 0. The second-order valence-corrected chi connectivity index (χ2v) is 5.36. The van der Waals surface area contributed by atoms with Crippen LogP contribution in [-0.2, 0) is 20.9 Å². The molecule has 138 valence electrons. The maximum absolute atomic E-state index is 11.8. The quantitative estimate of drug-likeness (QED) is 0.656. The zero-order valence-corrected chi connectivity index (χ0v) is 14.4. The molecule has 0 saturated heterocycles. The average molecular weight is 359 g/mol. The summed E-state index contributed by atoms with van der Waals surface area (Å²) in [6, 6.07) is 15.5. The number of hydrogen-bond donors (Lipinski definition) is 2. The highest BCUT2D eigenvalue weighted by Gasteiger charge is 2.20. The molecule has 0 aromatic heterocycles. The van der Waals surface area contributed by atoms with E-state index in [9.17, 15) is 9.59 Å². The summed E-state index contributed by atoms with van der Waals surface area (Å²) in [7, 11) is 1.18. The summed E-state index contributed by atoms with van der Waals surface area (Å²) in [6.45, 7) is -0.386. The Morgan fingerprint density at radius 3 is 2.19 bits per heavy atom. The molecule has 2 aromatic rings. The third-order valence-corrected chi connectivity index (χ3v) is 3.45. The van der Waals surface area contributed by atoms with Crippen LogP contribution in [0.1, 0.15) is 5.56 Å². The maximum Gasteiger partial charge on any atom is 0.330 e. The Morgan fingerprint density at radius 2 is 1.62 bits per heavy atom. The molecule has 0 spiro atoms. The maximum atomic E-state index is 11.8. The zero-order valence-electron chi connectivity index (χ0n) is 14.4. The first-order chi connectivity index (χ1) is 12.6. The monoisotopic (exact) mass is 359 g/mol. The number of nitrogens with one attached hydrogen (secondary N) is 1. The molecule has 0 aliphatic carbocycles. The van der Waals surface area contributed by atoms with Crippen molar-refractivity contribution in [3.8, 4) is 11.5 Å². The van der Waals surface area contributed by atoms with E-state index < -0.39 is 24.5 Å². The molecular weight excluding hydrogens is 338 g/mol. The lowest BCUT2D eigenvalue weighted by molar-refractivity contribution is -0.146. The minimum atomic E-state index is -1.11. The molecule has 2 N–H and O–H groups in total. The minimum Gasteiger partial charge on any atom is -0.489 e. The van der Waals surface area contributed by atoms with Gasteiger partial charge in [0.2, 0.25) is 0 Å². The summed E-state index contributed by atoms with van der Waals surface area (Å²) < 4.78 is 15.5. The van der Waals surface area contributed by atoms with Crippen molar-refractivity contribution < 1.29 is 28.9 Å². The van der Waals surface area contributed by atoms with Gasteiger partial charge in [-0.1, -0.05) is 30.3 Å². The van der Waals surface area contributed by atoms with Crippen LogP contribution in [0.5, 0.6) is 11.5 Å². The molecule has 2 aromatic carbocycles. The van der Waals surface area contributed by atoms with Crippen molar-refractivity contribution in [2.45, 2.75) is 12.6 Å². The van der Waals surface area contributed by atoms with Gasteiger partial charge in [-0.05, 0) is 29.8 Å². The summed E-state index contributed by atoms with van der Waals surface area (Å²) in [5.74, 6) is -0.109. The molecule has 7 heteroatoms. The highest BCUT2D eigenvalue weighted by Crippen LogP contribution is 2.18. The molecule has 0 aliphatic rings. The molecule has 1 amide bonds. The molecule has 0 radical (unpaired) electrons. The first kappa shape index (κ1) is 19.3. The predicted molar refractivity (Wildman–Crippen MR) is 93.7 cm³/mol. The van der Waals surface area contributed by atoms with Crippen molar-refractivity contribution in [1.29, 1.82) is 0 Å². The van der Waals surface area contributed by atoms with Gasteiger partial charge in [0, 0.05) is 0 Å². The fraction of sp³-hybridized carbons (Fsp3) is 0.263. The number of amides is 1. The zero-order chi connectivity index (χ0) is 18.8. The third-order valence-electron chi connectivity index (χ3n) is 3.45. The van der Waals surface area contributed by atoms with E-state index in [1.807, 2.05) is 30.3 Å². The molecule has 0 bridgehead atoms. The van der Waals surface area contributed by atoms with Crippen molar-refractivity contribution >= 4 is 11.9 Å². The van der Waals surface area contributed by atoms with Gasteiger partial charge in [-0.25, -0.2) is 4.79 Å². The number of aliphatic hydroxyl groups is 1. The molecule has 2 rings (SSSR count). The van der Waals surface area contributed by atoms with E-state index in [0.29, 0.717) is 18.1 Å². The lowest BCUT2D eigenvalue weighted by Gasteiger charge is -2.14. The number of rotatable bonds is 9. The van der Waals surface area contributed by atoms with E-state index >= 15 is 0 Å². The van der Waals surface area contributed by atoms with Crippen molar-refractivity contribution in [3.05, 3.63) is 60.2 Å². The van der Waals surface area contributed by atoms with Gasteiger partial charge in [-0.15, -0.1) is 0 Å². The van der Waals surface area contributed by atoms with E-state index in [0.717, 1.165) is 5.56 Å². The van der Waals surface area contributed by atoms with Gasteiger partial charge in [0.05, 0.1) is 13.7 Å². The van der Waals surface area contributed by atoms with Crippen LogP contribution in [0.25, 0.3) is 0 Å². The molecule has 0 fully saturated rings. The number of esters is 1. The van der Waals surface area contributed by atoms with Crippen molar-refractivity contribution in [2.75, 3.05) is 20.3 Å². The average Bonchev–Trinajstić information content (AvgIpc) is 2.69.